The van der Waals surface area contributed by atoms with Crippen molar-refractivity contribution in [2.24, 2.45) is 5.92 Å². The van der Waals surface area contributed by atoms with Gasteiger partial charge in [-0.05, 0) is 36.6 Å². The summed E-state index contributed by atoms with van der Waals surface area (Å²) in [5.74, 6) is 3.88. The summed E-state index contributed by atoms with van der Waals surface area (Å²) in [6.45, 7) is 0.990. The minimum atomic E-state index is 0.274. The van der Waals surface area contributed by atoms with E-state index < -0.39 is 0 Å². The van der Waals surface area contributed by atoms with Crippen molar-refractivity contribution in [3.05, 3.63) is 29.8 Å². The van der Waals surface area contributed by atoms with E-state index in [9.17, 15) is 0 Å². The summed E-state index contributed by atoms with van der Waals surface area (Å²) in [7, 11) is 0. The lowest BCUT2D eigenvalue weighted by Crippen LogP contribution is -2.21. The summed E-state index contributed by atoms with van der Waals surface area (Å²) >= 11 is 0. The Labute approximate surface area is 114 Å². The number of nitrogens with zero attached hydrogens (tertiary/aromatic N) is 2. The molecule has 0 N–H and O–H groups in total. The fourth-order valence-corrected chi connectivity index (χ4v) is 2.55. The van der Waals surface area contributed by atoms with Crippen LogP contribution in [0.5, 0.6) is 5.75 Å². The van der Waals surface area contributed by atoms with Crippen LogP contribution < -0.4 is 4.74 Å². The third-order valence-corrected chi connectivity index (χ3v) is 3.81. The van der Waals surface area contributed by atoms with E-state index in [1.807, 2.05) is 12.1 Å². The second kappa shape index (κ2) is 6.85. The van der Waals surface area contributed by atoms with Crippen LogP contribution >= 0.6 is 0 Å². The van der Waals surface area contributed by atoms with E-state index in [4.69, 9.17) is 15.3 Å². The van der Waals surface area contributed by atoms with E-state index in [-0.39, 0.29) is 6.71 Å². The molecule has 1 aliphatic rings. The van der Waals surface area contributed by atoms with Gasteiger partial charge < -0.3 is 4.74 Å². The molecule has 0 bridgehead atoms. The number of ether oxygens (including phenoxy) is 1. The quantitative estimate of drug-likeness (QED) is 0.772. The maximum atomic E-state index is 8.85. The largest absolute Gasteiger partial charge is 0.494 e. The fraction of sp³-hybridized carbons (Fsp3) is 0.467. The first-order valence-electron chi connectivity index (χ1n) is 6.84. The van der Waals surface area contributed by atoms with Crippen molar-refractivity contribution in [2.45, 2.75) is 31.9 Å². The molecule has 0 aromatic heterocycles. The molecule has 1 fully saturated rings. The van der Waals surface area contributed by atoms with E-state index in [1.165, 1.54) is 0 Å². The van der Waals surface area contributed by atoms with Gasteiger partial charge in [0.1, 0.15) is 5.75 Å². The Morgan fingerprint density at radius 1 is 1.16 bits per heavy atom. The van der Waals surface area contributed by atoms with Crippen molar-refractivity contribution in [1.29, 1.82) is 10.5 Å². The second-order valence-electron chi connectivity index (χ2n) is 5.12. The molecule has 96 valence electrons. The highest BCUT2D eigenvalue weighted by Crippen LogP contribution is 2.27. The highest BCUT2D eigenvalue weighted by molar-refractivity contribution is 6.67. The third-order valence-electron chi connectivity index (χ3n) is 3.81. The number of hydrogen-bond acceptors (Lipinski definition) is 3. The predicted octanol–water partition coefficient (Wildman–Crippen LogP) is 3.29. The highest BCUT2D eigenvalue weighted by atomic mass is 16.5. The Kier molecular flexibility index (Phi) is 4.87. The standard InChI is InChI=1S/C15H17BN2O/c17-11-14-1-3-15(4-2-14)19-10-7-13-5-8-16(12-18)9-6-13/h1-4,13H,5-10H2. The van der Waals surface area contributed by atoms with Gasteiger partial charge in [-0.15, -0.1) is 0 Å². The molecule has 1 aliphatic heterocycles. The van der Waals surface area contributed by atoms with E-state index in [0.29, 0.717) is 18.1 Å². The van der Waals surface area contributed by atoms with E-state index in [1.54, 1.807) is 12.1 Å². The minimum Gasteiger partial charge on any atom is -0.494 e. The van der Waals surface area contributed by atoms with Gasteiger partial charge in [-0.1, -0.05) is 25.5 Å². The van der Waals surface area contributed by atoms with Gasteiger partial charge in [0.15, 0.2) is 0 Å². The van der Waals surface area contributed by atoms with Crippen LogP contribution in [0, 0.1) is 28.5 Å². The van der Waals surface area contributed by atoms with Crippen LogP contribution in [-0.2, 0) is 0 Å². The Balaban J connectivity index is 1.69. The molecule has 1 aromatic carbocycles. The smallest absolute Gasteiger partial charge is 0.267 e. The molecule has 2 rings (SSSR count). The van der Waals surface area contributed by atoms with Crippen molar-refractivity contribution in [2.75, 3.05) is 6.61 Å². The monoisotopic (exact) mass is 252 g/mol. The molecular formula is C15H17BN2O. The van der Waals surface area contributed by atoms with Gasteiger partial charge in [0.25, 0.3) is 6.71 Å². The summed E-state index contributed by atoms with van der Waals surface area (Å²) in [5.41, 5.74) is 0.655. The Hall–Kier alpha value is -1.94. The van der Waals surface area contributed by atoms with Crippen LogP contribution in [0.4, 0.5) is 0 Å². The SMILES string of the molecule is N#CB1CCC(CCOc2ccc(C#N)cc2)CC1. The van der Waals surface area contributed by atoms with Crippen LogP contribution in [0.25, 0.3) is 0 Å². The van der Waals surface area contributed by atoms with Crippen molar-refractivity contribution >= 4 is 6.71 Å². The average molecular weight is 252 g/mol. The number of rotatable bonds is 4. The second-order valence-corrected chi connectivity index (χ2v) is 5.12. The van der Waals surface area contributed by atoms with Gasteiger partial charge in [0.2, 0.25) is 0 Å². The first-order valence-corrected chi connectivity index (χ1v) is 6.84. The maximum Gasteiger partial charge on any atom is 0.267 e. The first kappa shape index (κ1) is 13.5. The Morgan fingerprint density at radius 2 is 1.84 bits per heavy atom. The zero-order valence-corrected chi connectivity index (χ0v) is 11.0. The van der Waals surface area contributed by atoms with Gasteiger partial charge in [-0.25, -0.2) is 5.26 Å². The first-order chi connectivity index (χ1) is 9.31. The molecule has 1 heterocycles. The fourth-order valence-electron chi connectivity index (χ4n) is 2.55. The molecule has 1 saturated heterocycles. The zero-order chi connectivity index (χ0) is 13.5. The molecule has 19 heavy (non-hydrogen) atoms. The summed E-state index contributed by atoms with van der Waals surface area (Å²) in [5, 5.41) is 17.5. The lowest BCUT2D eigenvalue weighted by Gasteiger charge is -2.22. The lowest BCUT2D eigenvalue weighted by molar-refractivity contribution is 0.269. The van der Waals surface area contributed by atoms with Crippen LogP contribution in [0.15, 0.2) is 24.3 Å². The molecule has 0 unspecified atom stereocenters. The van der Waals surface area contributed by atoms with Crippen molar-refractivity contribution < 1.29 is 4.74 Å². The van der Waals surface area contributed by atoms with Crippen molar-refractivity contribution in [3.63, 3.8) is 0 Å². The highest BCUT2D eigenvalue weighted by Gasteiger charge is 2.23. The van der Waals surface area contributed by atoms with Crippen LogP contribution in [0.3, 0.4) is 0 Å². The van der Waals surface area contributed by atoms with Gasteiger partial charge in [0, 0.05) is 5.97 Å². The summed E-state index contributed by atoms with van der Waals surface area (Å²) in [6.07, 6.45) is 5.43. The predicted molar refractivity (Wildman–Crippen MR) is 75.0 cm³/mol. The molecule has 1 aromatic rings. The normalized spacial score (nSPS) is 15.6. The molecule has 0 aliphatic carbocycles. The van der Waals surface area contributed by atoms with Gasteiger partial charge in [0.05, 0.1) is 18.2 Å². The van der Waals surface area contributed by atoms with Crippen LogP contribution in [0.1, 0.15) is 24.8 Å². The molecule has 0 amide bonds. The van der Waals surface area contributed by atoms with E-state index in [0.717, 1.165) is 37.7 Å². The summed E-state index contributed by atoms with van der Waals surface area (Å²) in [4.78, 5) is 0. The van der Waals surface area contributed by atoms with Crippen molar-refractivity contribution in [3.8, 4) is 17.8 Å². The number of nitriles is 2. The maximum absolute atomic E-state index is 8.85. The van der Waals surface area contributed by atoms with Crippen molar-refractivity contribution in [1.82, 2.24) is 0 Å². The van der Waals surface area contributed by atoms with Gasteiger partial charge in [-0.2, -0.15) is 5.26 Å². The molecule has 0 atom stereocenters. The molecule has 3 nitrogen and oxygen atoms in total. The van der Waals surface area contributed by atoms with Gasteiger partial charge in [-0.3, -0.25) is 0 Å². The topological polar surface area (TPSA) is 56.8 Å². The van der Waals surface area contributed by atoms with E-state index in [2.05, 4.69) is 12.0 Å². The Morgan fingerprint density at radius 3 is 2.42 bits per heavy atom. The molecule has 0 spiro atoms. The molecule has 0 radical (unpaired) electrons. The van der Waals surface area contributed by atoms with Gasteiger partial charge >= 0.3 is 0 Å². The summed E-state index contributed by atoms with van der Waals surface area (Å²) < 4.78 is 5.69. The Bertz CT molecular complexity index is 478. The number of hydrogen-bond donors (Lipinski definition) is 0. The molecule has 0 saturated carbocycles. The third kappa shape index (κ3) is 4.03. The molecule has 4 heteroatoms. The molecular weight excluding hydrogens is 235 g/mol. The number of benzene rings is 1. The summed E-state index contributed by atoms with van der Waals surface area (Å²) in [6, 6.07) is 9.31. The van der Waals surface area contributed by atoms with Crippen LogP contribution in [-0.4, -0.2) is 13.3 Å². The van der Waals surface area contributed by atoms with Crippen LogP contribution in [0.2, 0.25) is 12.6 Å². The van der Waals surface area contributed by atoms with E-state index >= 15 is 0 Å². The minimum absolute atomic E-state index is 0.274. The zero-order valence-electron chi connectivity index (χ0n) is 11.0. The average Bonchev–Trinajstić information content (AvgIpc) is 2.49. The lowest BCUT2D eigenvalue weighted by atomic mass is 9.41.